The molecule has 0 amide bonds. The van der Waals surface area contributed by atoms with Crippen LogP contribution in [0.3, 0.4) is 0 Å². The minimum Gasteiger partial charge on any atom is -0.506 e. The number of halogens is 1. The molecule has 4 heteroatoms. The van der Waals surface area contributed by atoms with Gasteiger partial charge in [0.2, 0.25) is 0 Å². The van der Waals surface area contributed by atoms with Crippen LogP contribution < -0.4 is 10.1 Å². The van der Waals surface area contributed by atoms with Crippen LogP contribution in [0.15, 0.2) is 59.1 Å². The number of fused-ring (bicyclic) bond motifs is 1. The SMILES string of the molecule is COc1ccccc1Nc1cc2cc(Br)ccc2cc1O. The minimum atomic E-state index is 0.204. The van der Waals surface area contributed by atoms with E-state index in [9.17, 15) is 5.11 Å². The molecule has 106 valence electrons. The zero-order valence-electron chi connectivity index (χ0n) is 11.4. The Bertz CT molecular complexity index is 802. The molecule has 0 radical (unpaired) electrons. The number of methoxy groups -OCH3 is 1. The van der Waals surface area contributed by atoms with Crippen LogP contribution in [-0.2, 0) is 0 Å². The first kappa shape index (κ1) is 13.8. The van der Waals surface area contributed by atoms with Crippen molar-refractivity contribution >= 4 is 38.1 Å². The fraction of sp³-hybridized carbons (Fsp3) is 0.0588. The lowest BCUT2D eigenvalue weighted by atomic mass is 10.1. The zero-order valence-corrected chi connectivity index (χ0v) is 13.0. The van der Waals surface area contributed by atoms with Crippen molar-refractivity contribution in [2.24, 2.45) is 0 Å². The van der Waals surface area contributed by atoms with E-state index >= 15 is 0 Å². The van der Waals surface area contributed by atoms with Crippen molar-refractivity contribution in [3.63, 3.8) is 0 Å². The predicted molar refractivity (Wildman–Crippen MR) is 89.6 cm³/mol. The Morgan fingerprint density at radius 1 is 0.952 bits per heavy atom. The zero-order chi connectivity index (χ0) is 14.8. The van der Waals surface area contributed by atoms with Gasteiger partial charge in [-0.1, -0.05) is 34.1 Å². The first-order valence-electron chi connectivity index (χ1n) is 6.50. The molecular formula is C17H14BrNO2. The van der Waals surface area contributed by atoms with E-state index < -0.39 is 0 Å². The van der Waals surface area contributed by atoms with Gasteiger partial charge in [0.15, 0.2) is 0 Å². The van der Waals surface area contributed by atoms with Gasteiger partial charge in [-0.2, -0.15) is 0 Å². The van der Waals surface area contributed by atoms with Gasteiger partial charge in [0.25, 0.3) is 0 Å². The number of nitrogens with one attached hydrogen (secondary N) is 1. The van der Waals surface area contributed by atoms with Crippen molar-refractivity contribution in [1.29, 1.82) is 0 Å². The highest BCUT2D eigenvalue weighted by molar-refractivity contribution is 9.10. The normalized spacial score (nSPS) is 10.6. The summed E-state index contributed by atoms with van der Waals surface area (Å²) in [4.78, 5) is 0. The molecule has 0 spiro atoms. The average molecular weight is 344 g/mol. The topological polar surface area (TPSA) is 41.5 Å². The molecule has 0 atom stereocenters. The van der Waals surface area contributed by atoms with Crippen LogP contribution in [0.2, 0.25) is 0 Å². The van der Waals surface area contributed by atoms with E-state index in [0.29, 0.717) is 5.69 Å². The van der Waals surface area contributed by atoms with Gasteiger partial charge >= 0.3 is 0 Å². The number of phenols is 1. The van der Waals surface area contributed by atoms with Gasteiger partial charge in [0.1, 0.15) is 11.5 Å². The average Bonchev–Trinajstić information content (AvgIpc) is 2.49. The number of aromatic hydroxyl groups is 1. The summed E-state index contributed by atoms with van der Waals surface area (Å²) in [5.41, 5.74) is 1.45. The predicted octanol–water partition coefficient (Wildman–Crippen LogP) is 5.06. The van der Waals surface area contributed by atoms with Crippen molar-refractivity contribution in [1.82, 2.24) is 0 Å². The van der Waals surface area contributed by atoms with Crippen LogP contribution in [0.4, 0.5) is 11.4 Å². The molecule has 3 aromatic rings. The first-order valence-corrected chi connectivity index (χ1v) is 7.29. The number of anilines is 2. The number of para-hydroxylation sites is 2. The van der Waals surface area contributed by atoms with Crippen molar-refractivity contribution in [2.45, 2.75) is 0 Å². The van der Waals surface area contributed by atoms with Crippen LogP contribution in [0, 0.1) is 0 Å². The van der Waals surface area contributed by atoms with Crippen LogP contribution in [0.1, 0.15) is 0 Å². The molecule has 2 N–H and O–H groups in total. The molecule has 0 heterocycles. The van der Waals surface area contributed by atoms with E-state index in [1.807, 2.05) is 48.5 Å². The molecule has 0 aliphatic rings. The molecule has 0 bridgehead atoms. The Balaban J connectivity index is 2.05. The minimum absolute atomic E-state index is 0.204. The van der Waals surface area contributed by atoms with E-state index in [1.165, 1.54) is 0 Å². The van der Waals surface area contributed by atoms with Crippen molar-refractivity contribution in [3.8, 4) is 11.5 Å². The maximum Gasteiger partial charge on any atom is 0.142 e. The highest BCUT2D eigenvalue weighted by atomic mass is 79.9. The van der Waals surface area contributed by atoms with E-state index in [2.05, 4.69) is 21.2 Å². The number of hydrogen-bond donors (Lipinski definition) is 2. The molecule has 0 unspecified atom stereocenters. The van der Waals surface area contributed by atoms with Gasteiger partial charge < -0.3 is 15.2 Å². The van der Waals surface area contributed by atoms with E-state index in [0.717, 1.165) is 26.7 Å². The molecule has 21 heavy (non-hydrogen) atoms. The second-order valence-electron chi connectivity index (χ2n) is 4.69. The van der Waals surface area contributed by atoms with E-state index in [4.69, 9.17) is 4.74 Å². The van der Waals surface area contributed by atoms with Gasteiger partial charge in [-0.3, -0.25) is 0 Å². The molecule has 0 saturated heterocycles. The third-order valence-electron chi connectivity index (χ3n) is 3.29. The third-order valence-corrected chi connectivity index (χ3v) is 3.79. The summed E-state index contributed by atoms with van der Waals surface area (Å²) in [6.07, 6.45) is 0. The largest absolute Gasteiger partial charge is 0.506 e. The molecule has 0 fully saturated rings. The van der Waals surface area contributed by atoms with E-state index in [1.54, 1.807) is 13.2 Å². The second kappa shape index (κ2) is 5.66. The Morgan fingerprint density at radius 2 is 1.76 bits per heavy atom. The molecule has 0 saturated carbocycles. The van der Waals surface area contributed by atoms with Gasteiger partial charge in [-0.25, -0.2) is 0 Å². The fourth-order valence-electron chi connectivity index (χ4n) is 2.25. The van der Waals surface area contributed by atoms with Crippen molar-refractivity contribution in [3.05, 3.63) is 59.1 Å². The third kappa shape index (κ3) is 2.81. The standard InChI is InChI=1S/C17H14BrNO2/c1-21-17-5-3-2-4-14(17)19-15-9-12-8-13(18)7-6-11(12)10-16(15)20/h2-10,19-20H,1H3. The maximum atomic E-state index is 10.2. The summed E-state index contributed by atoms with van der Waals surface area (Å²) in [5.74, 6) is 0.932. The Morgan fingerprint density at radius 3 is 2.57 bits per heavy atom. The van der Waals surface area contributed by atoms with Gasteiger partial charge in [-0.15, -0.1) is 0 Å². The summed E-state index contributed by atoms with van der Waals surface area (Å²) in [5, 5.41) is 15.4. The number of rotatable bonds is 3. The summed E-state index contributed by atoms with van der Waals surface area (Å²) in [7, 11) is 1.62. The highest BCUT2D eigenvalue weighted by Crippen LogP contribution is 2.35. The molecule has 0 aliphatic carbocycles. The molecule has 0 aliphatic heterocycles. The van der Waals surface area contributed by atoms with E-state index in [-0.39, 0.29) is 5.75 Å². The lowest BCUT2D eigenvalue weighted by molar-refractivity contribution is 0.416. The van der Waals surface area contributed by atoms with Gasteiger partial charge in [0, 0.05) is 4.47 Å². The monoisotopic (exact) mass is 343 g/mol. The van der Waals surface area contributed by atoms with Crippen molar-refractivity contribution < 1.29 is 9.84 Å². The number of ether oxygens (including phenoxy) is 1. The molecule has 0 aromatic heterocycles. The Hall–Kier alpha value is -2.20. The second-order valence-corrected chi connectivity index (χ2v) is 5.60. The summed E-state index contributed by atoms with van der Waals surface area (Å²) < 4.78 is 6.32. The fourth-order valence-corrected chi connectivity index (χ4v) is 2.63. The molecular weight excluding hydrogens is 330 g/mol. The van der Waals surface area contributed by atoms with Crippen LogP contribution in [0.25, 0.3) is 10.8 Å². The van der Waals surface area contributed by atoms with Gasteiger partial charge in [-0.05, 0) is 47.2 Å². The van der Waals surface area contributed by atoms with Crippen LogP contribution >= 0.6 is 15.9 Å². The summed E-state index contributed by atoms with van der Waals surface area (Å²) in [6, 6.07) is 17.2. The maximum absolute atomic E-state index is 10.2. The van der Waals surface area contributed by atoms with Gasteiger partial charge in [0.05, 0.1) is 18.5 Å². The van der Waals surface area contributed by atoms with Crippen LogP contribution in [0.5, 0.6) is 11.5 Å². The Labute approximate surface area is 131 Å². The molecule has 3 aromatic carbocycles. The number of hydrogen-bond acceptors (Lipinski definition) is 3. The number of phenolic OH excluding ortho intramolecular Hbond substituents is 1. The number of benzene rings is 3. The van der Waals surface area contributed by atoms with Crippen LogP contribution in [-0.4, -0.2) is 12.2 Å². The smallest absolute Gasteiger partial charge is 0.142 e. The quantitative estimate of drug-likeness (QED) is 0.653. The Kier molecular flexibility index (Phi) is 3.71. The first-order chi connectivity index (χ1) is 10.2. The van der Waals surface area contributed by atoms with Crippen molar-refractivity contribution in [2.75, 3.05) is 12.4 Å². The highest BCUT2D eigenvalue weighted by Gasteiger charge is 2.07. The lowest BCUT2D eigenvalue weighted by Crippen LogP contribution is -1.94. The lowest BCUT2D eigenvalue weighted by Gasteiger charge is -2.13. The molecule has 3 rings (SSSR count). The summed E-state index contributed by atoms with van der Waals surface area (Å²) >= 11 is 3.46. The molecule has 3 nitrogen and oxygen atoms in total. The summed E-state index contributed by atoms with van der Waals surface area (Å²) in [6.45, 7) is 0.